The lowest BCUT2D eigenvalue weighted by Gasteiger charge is -2.20. The molecule has 5 nitrogen and oxygen atoms in total. The van der Waals surface area contributed by atoms with Crippen molar-refractivity contribution >= 4 is 5.91 Å². The van der Waals surface area contributed by atoms with Crippen LogP contribution >= 0.6 is 0 Å². The SMILES string of the molecule is Cc1ccc(OCC(O)CN2Cc3ncccc3C2=O)c(C)c1. The fourth-order valence-electron chi connectivity index (χ4n) is 2.78. The summed E-state index contributed by atoms with van der Waals surface area (Å²) in [6, 6.07) is 9.43. The molecule has 1 amide bonds. The predicted molar refractivity (Wildman–Crippen MR) is 86.4 cm³/mol. The van der Waals surface area contributed by atoms with Gasteiger partial charge in [-0.2, -0.15) is 0 Å². The first-order valence-electron chi connectivity index (χ1n) is 7.66. The molecule has 23 heavy (non-hydrogen) atoms. The Bertz CT molecular complexity index is 730. The summed E-state index contributed by atoms with van der Waals surface area (Å²) in [5, 5.41) is 10.2. The summed E-state index contributed by atoms with van der Waals surface area (Å²) in [4.78, 5) is 18.0. The molecule has 1 aliphatic rings. The maximum absolute atomic E-state index is 12.2. The summed E-state index contributed by atoms with van der Waals surface area (Å²) in [7, 11) is 0. The molecule has 1 aliphatic heterocycles. The van der Waals surface area contributed by atoms with Crippen LogP contribution in [0.3, 0.4) is 0 Å². The van der Waals surface area contributed by atoms with Gasteiger partial charge in [0, 0.05) is 6.20 Å². The molecule has 1 aromatic heterocycles. The van der Waals surface area contributed by atoms with Crippen molar-refractivity contribution in [1.29, 1.82) is 0 Å². The van der Waals surface area contributed by atoms with E-state index in [0.717, 1.165) is 17.0 Å². The van der Waals surface area contributed by atoms with Crippen LogP contribution in [-0.2, 0) is 6.54 Å². The summed E-state index contributed by atoms with van der Waals surface area (Å²) in [5.74, 6) is 0.672. The minimum atomic E-state index is -0.742. The van der Waals surface area contributed by atoms with E-state index in [2.05, 4.69) is 4.98 Å². The minimum absolute atomic E-state index is 0.0846. The van der Waals surface area contributed by atoms with Crippen LogP contribution in [0.1, 0.15) is 27.2 Å². The number of fused-ring (bicyclic) bond motifs is 1. The van der Waals surface area contributed by atoms with Crippen LogP contribution in [0.5, 0.6) is 5.75 Å². The predicted octanol–water partition coefficient (Wildman–Crippen LogP) is 2.09. The Morgan fingerprint density at radius 1 is 1.35 bits per heavy atom. The number of pyridine rings is 1. The van der Waals surface area contributed by atoms with Gasteiger partial charge in [0.1, 0.15) is 18.5 Å². The first-order valence-corrected chi connectivity index (χ1v) is 7.66. The van der Waals surface area contributed by atoms with Crippen molar-refractivity contribution in [2.75, 3.05) is 13.2 Å². The molecular formula is C18H20N2O3. The highest BCUT2D eigenvalue weighted by molar-refractivity contribution is 5.97. The average Bonchev–Trinajstić information content (AvgIpc) is 2.83. The second kappa shape index (κ2) is 6.38. The standard InChI is InChI=1S/C18H20N2O3/c1-12-5-6-17(13(2)8-12)23-11-14(21)9-20-10-16-15(18(20)22)4-3-7-19-16/h3-8,14,21H,9-11H2,1-2H3. The van der Waals surface area contributed by atoms with Gasteiger partial charge >= 0.3 is 0 Å². The summed E-state index contributed by atoms with van der Waals surface area (Å²) < 4.78 is 5.67. The Balaban J connectivity index is 1.56. The molecule has 0 bridgehead atoms. The van der Waals surface area contributed by atoms with Crippen molar-refractivity contribution in [2.24, 2.45) is 0 Å². The molecule has 0 saturated carbocycles. The Morgan fingerprint density at radius 2 is 2.17 bits per heavy atom. The van der Waals surface area contributed by atoms with Crippen LogP contribution in [0, 0.1) is 13.8 Å². The smallest absolute Gasteiger partial charge is 0.256 e. The van der Waals surface area contributed by atoms with E-state index in [9.17, 15) is 9.90 Å². The maximum Gasteiger partial charge on any atom is 0.256 e. The van der Waals surface area contributed by atoms with Gasteiger partial charge in [0.2, 0.25) is 0 Å². The van der Waals surface area contributed by atoms with Gasteiger partial charge in [0.25, 0.3) is 5.91 Å². The lowest BCUT2D eigenvalue weighted by molar-refractivity contribution is 0.0517. The topological polar surface area (TPSA) is 62.7 Å². The molecule has 1 aromatic carbocycles. The number of carbonyl (C=O) groups is 1. The zero-order valence-electron chi connectivity index (χ0n) is 13.3. The number of hydrogen-bond acceptors (Lipinski definition) is 4. The average molecular weight is 312 g/mol. The van der Waals surface area contributed by atoms with E-state index in [1.807, 2.05) is 32.0 Å². The van der Waals surface area contributed by atoms with Gasteiger partial charge in [0.15, 0.2) is 0 Å². The summed E-state index contributed by atoms with van der Waals surface area (Å²) in [6.07, 6.45) is 0.934. The van der Waals surface area contributed by atoms with Crippen molar-refractivity contribution in [2.45, 2.75) is 26.5 Å². The fourth-order valence-corrected chi connectivity index (χ4v) is 2.78. The molecule has 1 atom stereocenters. The quantitative estimate of drug-likeness (QED) is 0.918. The normalized spacial score (nSPS) is 14.7. The van der Waals surface area contributed by atoms with E-state index in [1.54, 1.807) is 23.2 Å². The van der Waals surface area contributed by atoms with E-state index in [-0.39, 0.29) is 19.1 Å². The van der Waals surface area contributed by atoms with Crippen LogP contribution in [0.2, 0.25) is 0 Å². The van der Waals surface area contributed by atoms with E-state index >= 15 is 0 Å². The molecule has 1 N–H and O–H groups in total. The second-order valence-electron chi connectivity index (χ2n) is 5.92. The van der Waals surface area contributed by atoms with Gasteiger partial charge in [-0.15, -0.1) is 0 Å². The third-order valence-corrected chi connectivity index (χ3v) is 3.94. The summed E-state index contributed by atoms with van der Waals surface area (Å²) in [6.45, 7) is 4.82. The Morgan fingerprint density at radius 3 is 2.91 bits per heavy atom. The van der Waals surface area contributed by atoms with Crippen LogP contribution in [0.15, 0.2) is 36.5 Å². The first-order chi connectivity index (χ1) is 11.0. The Hall–Kier alpha value is -2.40. The van der Waals surface area contributed by atoms with Gasteiger partial charge in [-0.3, -0.25) is 9.78 Å². The van der Waals surface area contributed by atoms with Crippen molar-refractivity contribution in [3.63, 3.8) is 0 Å². The highest BCUT2D eigenvalue weighted by Crippen LogP contribution is 2.21. The number of hydrogen-bond donors (Lipinski definition) is 1. The zero-order chi connectivity index (χ0) is 16.4. The van der Waals surface area contributed by atoms with Gasteiger partial charge in [0.05, 0.1) is 24.3 Å². The molecule has 2 aromatic rings. The van der Waals surface area contributed by atoms with E-state index < -0.39 is 6.10 Å². The number of rotatable bonds is 5. The number of nitrogens with zero attached hydrogens (tertiary/aromatic N) is 2. The highest BCUT2D eigenvalue weighted by Gasteiger charge is 2.29. The lowest BCUT2D eigenvalue weighted by Crippen LogP contribution is -2.35. The van der Waals surface area contributed by atoms with E-state index in [1.165, 1.54) is 5.56 Å². The number of ether oxygens (including phenoxy) is 1. The molecule has 0 fully saturated rings. The first kappa shape index (κ1) is 15.5. The number of amides is 1. The number of carbonyl (C=O) groups excluding carboxylic acids is 1. The van der Waals surface area contributed by atoms with Crippen LogP contribution in [-0.4, -0.2) is 40.2 Å². The molecular weight excluding hydrogens is 292 g/mol. The van der Waals surface area contributed by atoms with Gasteiger partial charge in [-0.25, -0.2) is 0 Å². The number of β-amino-alcohol motifs (C(OH)–C–C–N with tert-alkyl or cyclic N) is 1. The van der Waals surface area contributed by atoms with Crippen molar-refractivity contribution < 1.29 is 14.6 Å². The largest absolute Gasteiger partial charge is 0.491 e. The Kier molecular flexibility index (Phi) is 4.30. The molecule has 0 radical (unpaired) electrons. The van der Waals surface area contributed by atoms with Gasteiger partial charge in [-0.1, -0.05) is 17.7 Å². The molecule has 5 heteroatoms. The minimum Gasteiger partial charge on any atom is -0.491 e. The Labute approximate surface area is 135 Å². The number of aliphatic hydroxyl groups is 1. The number of aliphatic hydroxyl groups excluding tert-OH is 1. The third kappa shape index (κ3) is 3.35. The van der Waals surface area contributed by atoms with Crippen molar-refractivity contribution in [1.82, 2.24) is 9.88 Å². The summed E-state index contributed by atoms with van der Waals surface area (Å²) >= 11 is 0. The summed E-state index contributed by atoms with van der Waals surface area (Å²) in [5.41, 5.74) is 3.59. The number of aryl methyl sites for hydroxylation is 2. The number of aromatic nitrogens is 1. The van der Waals surface area contributed by atoms with Crippen LogP contribution in [0.4, 0.5) is 0 Å². The van der Waals surface area contributed by atoms with Crippen LogP contribution in [0.25, 0.3) is 0 Å². The molecule has 0 aliphatic carbocycles. The maximum atomic E-state index is 12.2. The van der Waals surface area contributed by atoms with Crippen LogP contribution < -0.4 is 4.74 Å². The third-order valence-electron chi connectivity index (χ3n) is 3.94. The number of benzene rings is 1. The second-order valence-corrected chi connectivity index (χ2v) is 5.92. The van der Waals surface area contributed by atoms with Crippen molar-refractivity contribution in [3.8, 4) is 5.75 Å². The monoisotopic (exact) mass is 312 g/mol. The highest BCUT2D eigenvalue weighted by atomic mass is 16.5. The zero-order valence-corrected chi connectivity index (χ0v) is 13.3. The molecule has 3 rings (SSSR count). The molecule has 0 saturated heterocycles. The van der Waals surface area contributed by atoms with E-state index in [0.29, 0.717) is 12.1 Å². The van der Waals surface area contributed by atoms with Gasteiger partial charge in [-0.05, 0) is 37.6 Å². The molecule has 1 unspecified atom stereocenters. The van der Waals surface area contributed by atoms with Gasteiger partial charge < -0.3 is 14.7 Å². The molecule has 120 valence electrons. The van der Waals surface area contributed by atoms with E-state index in [4.69, 9.17) is 4.74 Å². The fraction of sp³-hybridized carbons (Fsp3) is 0.333. The van der Waals surface area contributed by atoms with Crippen molar-refractivity contribution in [3.05, 3.63) is 58.9 Å². The molecule has 0 spiro atoms. The molecule has 2 heterocycles. The lowest BCUT2D eigenvalue weighted by atomic mass is 10.1.